The highest BCUT2D eigenvalue weighted by Crippen LogP contribution is 2.21. The highest BCUT2D eigenvalue weighted by molar-refractivity contribution is 8.23. The van der Waals surface area contributed by atoms with E-state index in [1.807, 2.05) is 18.2 Å². The first kappa shape index (κ1) is 13.4. The van der Waals surface area contributed by atoms with Crippen molar-refractivity contribution >= 4 is 28.2 Å². The van der Waals surface area contributed by atoms with Crippen LogP contribution in [0.15, 0.2) is 42.5 Å². The molecule has 1 heterocycles. The van der Waals surface area contributed by atoms with Crippen LogP contribution in [0.3, 0.4) is 0 Å². The predicted molar refractivity (Wildman–Crippen MR) is 85.3 cm³/mol. The molecular weight excluding hydrogens is 258 g/mol. The van der Waals surface area contributed by atoms with Crippen LogP contribution < -0.4 is 0 Å². The maximum atomic E-state index is 5.43. The first-order chi connectivity index (χ1) is 8.81. The number of H-pyrrole nitrogens is 1. The number of aromatic amines is 1. The molecule has 0 saturated carbocycles. The van der Waals surface area contributed by atoms with E-state index in [4.69, 9.17) is 12.2 Å². The second-order valence-corrected chi connectivity index (χ2v) is 5.91. The maximum Gasteiger partial charge on any atom is 0.0941 e. The lowest BCUT2D eigenvalue weighted by atomic mass is 10.2. The lowest BCUT2D eigenvalue weighted by molar-refractivity contribution is 0.898. The van der Waals surface area contributed by atoms with Gasteiger partial charge in [0.2, 0.25) is 0 Å². The normalized spacial score (nSPS) is 10.5. The Labute approximate surface area is 118 Å². The minimum absolute atomic E-state index is 0.964. The Morgan fingerprint density at radius 3 is 2.67 bits per heavy atom. The van der Waals surface area contributed by atoms with Gasteiger partial charge in [0.25, 0.3) is 0 Å². The summed E-state index contributed by atoms with van der Waals surface area (Å²) in [7, 11) is 0. The highest BCUT2D eigenvalue weighted by Gasteiger charge is 2.06. The molecule has 1 N–H and O–H groups in total. The summed E-state index contributed by atoms with van der Waals surface area (Å²) in [6, 6.07) is 14.5. The summed E-state index contributed by atoms with van der Waals surface area (Å²) in [6.07, 6.45) is 2.44. The van der Waals surface area contributed by atoms with Gasteiger partial charge >= 0.3 is 0 Å². The molecule has 0 amide bonds. The van der Waals surface area contributed by atoms with Crippen molar-refractivity contribution in [1.82, 2.24) is 4.98 Å². The van der Waals surface area contributed by atoms with Crippen molar-refractivity contribution in [1.29, 1.82) is 0 Å². The van der Waals surface area contributed by atoms with E-state index in [9.17, 15) is 0 Å². The van der Waals surface area contributed by atoms with Crippen molar-refractivity contribution < 1.29 is 0 Å². The predicted octanol–water partition coefficient (Wildman–Crippen LogP) is 4.89. The third-order valence-electron chi connectivity index (χ3n) is 2.72. The fraction of sp³-hybridized carbons (Fsp3) is 0.267. The molecule has 2 rings (SSSR count). The number of unbranched alkanes of at least 4 members (excludes halogenated alkanes) is 1. The summed E-state index contributed by atoms with van der Waals surface area (Å²) in [5.41, 5.74) is 3.39. The maximum absolute atomic E-state index is 5.43. The first-order valence-corrected chi connectivity index (χ1v) is 7.62. The van der Waals surface area contributed by atoms with Gasteiger partial charge in [0, 0.05) is 5.69 Å². The molecule has 0 aliphatic rings. The van der Waals surface area contributed by atoms with Gasteiger partial charge in [-0.2, -0.15) is 0 Å². The van der Waals surface area contributed by atoms with Gasteiger partial charge in [-0.25, -0.2) is 0 Å². The lowest BCUT2D eigenvalue weighted by Crippen LogP contribution is -1.93. The fourth-order valence-electron chi connectivity index (χ4n) is 1.69. The standard InChI is InChI=1S/C15H17NS2/c1-2-3-11-18-15(17)14-10-9-13(16-14)12-7-5-4-6-8-12/h4-10,16H,2-3,11H2,1H3. The van der Waals surface area contributed by atoms with E-state index in [2.05, 4.69) is 36.2 Å². The Morgan fingerprint density at radius 2 is 1.94 bits per heavy atom. The van der Waals surface area contributed by atoms with Gasteiger partial charge in [-0.15, -0.1) is 11.8 Å². The van der Waals surface area contributed by atoms with Crippen LogP contribution in [0, 0.1) is 0 Å². The second-order valence-electron chi connectivity index (χ2n) is 4.14. The number of thioether (sulfide) groups is 1. The largest absolute Gasteiger partial charge is 0.353 e. The average Bonchev–Trinajstić information content (AvgIpc) is 2.89. The zero-order chi connectivity index (χ0) is 12.8. The Balaban J connectivity index is 2.04. The Hall–Kier alpha value is -1.06. The summed E-state index contributed by atoms with van der Waals surface area (Å²) >= 11 is 7.19. The van der Waals surface area contributed by atoms with Crippen LogP contribution in [-0.2, 0) is 0 Å². The highest BCUT2D eigenvalue weighted by atomic mass is 32.2. The molecule has 94 valence electrons. The molecular formula is C15H17NS2. The van der Waals surface area contributed by atoms with Gasteiger partial charge in [0.15, 0.2) is 0 Å². The average molecular weight is 275 g/mol. The smallest absolute Gasteiger partial charge is 0.0941 e. The summed E-state index contributed by atoms with van der Waals surface area (Å²) in [5, 5.41) is 0. The zero-order valence-electron chi connectivity index (χ0n) is 10.5. The summed E-state index contributed by atoms with van der Waals surface area (Å²) in [4.78, 5) is 3.39. The van der Waals surface area contributed by atoms with Gasteiger partial charge < -0.3 is 4.98 Å². The van der Waals surface area contributed by atoms with Crippen molar-refractivity contribution in [2.75, 3.05) is 5.75 Å². The number of hydrogen-bond donors (Lipinski definition) is 1. The van der Waals surface area contributed by atoms with E-state index in [1.54, 1.807) is 11.8 Å². The van der Waals surface area contributed by atoms with E-state index in [-0.39, 0.29) is 0 Å². The topological polar surface area (TPSA) is 15.8 Å². The molecule has 0 aliphatic heterocycles. The molecule has 0 saturated heterocycles. The molecule has 0 radical (unpaired) electrons. The van der Waals surface area contributed by atoms with Crippen LogP contribution in [0.1, 0.15) is 25.5 Å². The van der Waals surface area contributed by atoms with Gasteiger partial charge in [-0.3, -0.25) is 0 Å². The Kier molecular flexibility index (Phi) is 5.02. The van der Waals surface area contributed by atoms with E-state index in [1.165, 1.54) is 18.4 Å². The van der Waals surface area contributed by atoms with Crippen molar-refractivity contribution in [3.8, 4) is 11.3 Å². The second kappa shape index (κ2) is 6.76. The first-order valence-electron chi connectivity index (χ1n) is 6.23. The zero-order valence-corrected chi connectivity index (χ0v) is 12.1. The number of rotatable bonds is 5. The van der Waals surface area contributed by atoms with E-state index in [0.29, 0.717) is 0 Å². The monoisotopic (exact) mass is 275 g/mol. The van der Waals surface area contributed by atoms with Crippen molar-refractivity contribution in [2.45, 2.75) is 19.8 Å². The van der Waals surface area contributed by atoms with E-state index in [0.717, 1.165) is 21.3 Å². The van der Waals surface area contributed by atoms with Gasteiger partial charge in [-0.05, 0) is 29.9 Å². The summed E-state index contributed by atoms with van der Waals surface area (Å²) in [6.45, 7) is 2.20. The molecule has 0 atom stereocenters. The summed E-state index contributed by atoms with van der Waals surface area (Å²) in [5.74, 6) is 1.11. The van der Waals surface area contributed by atoms with Gasteiger partial charge in [0.05, 0.1) is 9.89 Å². The number of nitrogens with one attached hydrogen (secondary N) is 1. The third-order valence-corrected chi connectivity index (χ3v) is 4.27. The quantitative estimate of drug-likeness (QED) is 0.617. The van der Waals surface area contributed by atoms with Crippen LogP contribution in [-0.4, -0.2) is 14.9 Å². The molecule has 2 aromatic rings. The number of aromatic nitrogens is 1. The molecule has 0 bridgehead atoms. The van der Waals surface area contributed by atoms with Crippen LogP contribution in [0.2, 0.25) is 0 Å². The fourth-order valence-corrected chi connectivity index (χ4v) is 2.95. The molecule has 0 fully saturated rings. The summed E-state index contributed by atoms with van der Waals surface area (Å²) < 4.78 is 0.964. The number of thiocarbonyl (C=S) groups is 1. The third kappa shape index (κ3) is 3.47. The SMILES string of the molecule is CCCCSC(=S)c1ccc(-c2ccccc2)[nH]1. The van der Waals surface area contributed by atoms with E-state index >= 15 is 0 Å². The minimum Gasteiger partial charge on any atom is -0.353 e. The van der Waals surface area contributed by atoms with Gasteiger partial charge in [-0.1, -0.05) is 55.9 Å². The molecule has 0 aliphatic carbocycles. The van der Waals surface area contributed by atoms with Gasteiger partial charge in [0.1, 0.15) is 0 Å². The molecule has 0 spiro atoms. The van der Waals surface area contributed by atoms with Crippen LogP contribution >= 0.6 is 24.0 Å². The molecule has 1 aromatic carbocycles. The Bertz CT molecular complexity index is 502. The van der Waals surface area contributed by atoms with Crippen LogP contribution in [0.5, 0.6) is 0 Å². The number of benzene rings is 1. The molecule has 1 nitrogen and oxygen atoms in total. The van der Waals surface area contributed by atoms with E-state index < -0.39 is 0 Å². The van der Waals surface area contributed by atoms with Crippen molar-refractivity contribution in [3.05, 3.63) is 48.2 Å². The van der Waals surface area contributed by atoms with Crippen LogP contribution in [0.4, 0.5) is 0 Å². The molecule has 3 heteroatoms. The van der Waals surface area contributed by atoms with Crippen LogP contribution in [0.25, 0.3) is 11.3 Å². The molecule has 18 heavy (non-hydrogen) atoms. The minimum atomic E-state index is 0.964. The molecule has 1 aromatic heterocycles. The van der Waals surface area contributed by atoms with Crippen molar-refractivity contribution in [3.63, 3.8) is 0 Å². The Morgan fingerprint density at radius 1 is 1.17 bits per heavy atom. The van der Waals surface area contributed by atoms with Crippen molar-refractivity contribution in [2.24, 2.45) is 0 Å². The molecule has 0 unspecified atom stereocenters. The lowest BCUT2D eigenvalue weighted by Gasteiger charge is -2.01. The number of hydrogen-bond acceptors (Lipinski definition) is 2.